The number of anilines is 1. The summed E-state index contributed by atoms with van der Waals surface area (Å²) < 4.78 is 39.9. The van der Waals surface area contributed by atoms with Gasteiger partial charge < -0.3 is 30.1 Å². The molecular formula is C40H41F2N9O6. The Morgan fingerprint density at radius 1 is 0.930 bits per heavy atom. The molecule has 0 bridgehead atoms. The first kappa shape index (κ1) is 41.6. The lowest BCUT2D eigenvalue weighted by atomic mass is 9.92. The zero-order valence-electron chi connectivity index (χ0n) is 31.2. The van der Waals surface area contributed by atoms with Gasteiger partial charge in [-0.2, -0.15) is 0 Å². The summed E-state index contributed by atoms with van der Waals surface area (Å²) in [5, 5.41) is 22.6. The van der Waals surface area contributed by atoms with E-state index in [0.717, 1.165) is 28.8 Å². The van der Waals surface area contributed by atoms with E-state index in [4.69, 9.17) is 20.5 Å². The van der Waals surface area contributed by atoms with Crippen LogP contribution in [0.3, 0.4) is 0 Å². The second kappa shape index (κ2) is 20.4. The number of aryl methyl sites for hydroxylation is 1. The van der Waals surface area contributed by atoms with Crippen LogP contribution in [0.25, 0.3) is 20.9 Å². The third kappa shape index (κ3) is 11.5. The van der Waals surface area contributed by atoms with E-state index in [1.54, 1.807) is 43.3 Å². The van der Waals surface area contributed by atoms with Crippen molar-refractivity contribution in [3.05, 3.63) is 144 Å². The van der Waals surface area contributed by atoms with E-state index in [1.807, 2.05) is 24.3 Å². The number of ketones is 1. The van der Waals surface area contributed by atoms with Crippen molar-refractivity contribution in [2.45, 2.75) is 51.9 Å². The average molecular weight is 782 g/mol. The fourth-order valence-electron chi connectivity index (χ4n) is 6.36. The molecule has 0 radical (unpaired) electrons. The lowest BCUT2D eigenvalue weighted by Crippen LogP contribution is -2.53. The molecule has 3 N–H and O–H groups in total. The molecule has 15 nitrogen and oxygen atoms in total. The maximum atomic E-state index is 14.4. The zero-order chi connectivity index (χ0) is 40.7. The summed E-state index contributed by atoms with van der Waals surface area (Å²) in [4.78, 5) is 47.1. The van der Waals surface area contributed by atoms with Crippen molar-refractivity contribution in [1.82, 2.24) is 10.2 Å². The number of benzene rings is 4. The van der Waals surface area contributed by atoms with Crippen molar-refractivity contribution >= 4 is 29.0 Å². The zero-order valence-corrected chi connectivity index (χ0v) is 31.2. The van der Waals surface area contributed by atoms with Gasteiger partial charge in [0.1, 0.15) is 17.6 Å². The van der Waals surface area contributed by atoms with Gasteiger partial charge in [0.05, 0.1) is 33.0 Å². The number of nitrogens with zero attached hydrogens (tertiary/aromatic N) is 7. The number of carbonyl (C=O) groups excluding carboxylic acids is 3. The van der Waals surface area contributed by atoms with Crippen LogP contribution in [0, 0.1) is 18.6 Å². The monoisotopic (exact) mass is 781 g/mol. The molecule has 1 aliphatic rings. The number of phenols is 1. The highest BCUT2D eigenvalue weighted by Crippen LogP contribution is 2.28. The molecule has 0 spiro atoms. The van der Waals surface area contributed by atoms with Crippen molar-refractivity contribution in [3.63, 3.8) is 0 Å². The Kier molecular flexibility index (Phi) is 14.9. The molecule has 0 aliphatic carbocycles. The molecule has 4 aromatic rings. The molecule has 0 saturated heterocycles. The summed E-state index contributed by atoms with van der Waals surface area (Å²) in [5.74, 6) is -3.41. The second-order valence-electron chi connectivity index (χ2n) is 13.2. The smallest absolute Gasteiger partial charge is 0.254 e. The van der Waals surface area contributed by atoms with E-state index < -0.39 is 29.3 Å². The molecule has 4 aromatic carbocycles. The minimum Gasteiger partial charge on any atom is -0.505 e. The fraction of sp³-hybridized carbons (Fsp3) is 0.325. The topological polar surface area (TPSA) is 215 Å². The van der Waals surface area contributed by atoms with Crippen LogP contribution in [0.4, 0.5) is 20.2 Å². The number of hydrogen-bond donors (Lipinski definition) is 3. The Bertz CT molecular complexity index is 2210. The SMILES string of the molecule is Cc1ccc(C(=O)N2Cc3ccccc3C[C@H]2C(=O)NCCOCCOCCC(=O)Cc2cc(CN=[N+]=[N-])cc(N=[N+]=[N-])c2)cc1NCc1c(F)ccc(O)c1F. The summed E-state index contributed by atoms with van der Waals surface area (Å²) in [5.41, 5.74) is 21.9. The van der Waals surface area contributed by atoms with Crippen molar-refractivity contribution in [2.24, 2.45) is 10.2 Å². The second-order valence-corrected chi connectivity index (χ2v) is 13.2. The molecule has 0 unspecified atom stereocenters. The van der Waals surface area contributed by atoms with Crippen molar-refractivity contribution in [2.75, 3.05) is 38.3 Å². The standard InChI is InChI=1S/C40H41F2N9O6/c1-25-6-7-29(20-35(25)46-23-33-34(41)8-9-37(53)38(33)42)40(55)51-24-30-5-3-2-4-28(30)21-36(51)39(54)45-11-13-57-15-14-56-12-10-32(52)19-26-16-27(22-47-49-43)18-31(17-26)48-50-44/h2-9,16-18,20,36,46,53H,10-15,19,21-24H2,1H3,(H,45,54)/t36-/m0/s1. The van der Waals surface area contributed by atoms with E-state index in [-0.39, 0.29) is 88.3 Å². The van der Waals surface area contributed by atoms with Gasteiger partial charge in [-0.05, 0) is 82.2 Å². The van der Waals surface area contributed by atoms with Crippen LogP contribution in [0.5, 0.6) is 5.75 Å². The van der Waals surface area contributed by atoms with Crippen LogP contribution in [0.15, 0.2) is 83.0 Å². The number of halogens is 2. The molecule has 5 rings (SSSR count). The molecule has 1 aliphatic heterocycles. The molecule has 17 heteroatoms. The number of rotatable bonds is 19. The lowest BCUT2D eigenvalue weighted by Gasteiger charge is -2.36. The van der Waals surface area contributed by atoms with Crippen LogP contribution in [0.2, 0.25) is 0 Å². The van der Waals surface area contributed by atoms with Gasteiger partial charge in [0.2, 0.25) is 5.91 Å². The normalized spacial score (nSPS) is 13.2. The van der Waals surface area contributed by atoms with Gasteiger partial charge in [0, 0.05) is 71.2 Å². The number of hydrogen-bond acceptors (Lipinski definition) is 9. The van der Waals surface area contributed by atoms with Crippen molar-refractivity contribution in [1.29, 1.82) is 0 Å². The Hall–Kier alpha value is -6.51. The number of ether oxygens (including phenoxy) is 2. The average Bonchev–Trinajstić information content (AvgIpc) is 3.20. The lowest BCUT2D eigenvalue weighted by molar-refractivity contribution is -0.126. The van der Waals surface area contributed by atoms with E-state index in [2.05, 4.69) is 30.7 Å². The first-order valence-corrected chi connectivity index (χ1v) is 18.1. The third-order valence-electron chi connectivity index (χ3n) is 9.28. The van der Waals surface area contributed by atoms with Gasteiger partial charge in [-0.25, -0.2) is 8.78 Å². The van der Waals surface area contributed by atoms with E-state index in [9.17, 15) is 28.3 Å². The summed E-state index contributed by atoms with van der Waals surface area (Å²) in [6.45, 7) is 2.71. The van der Waals surface area contributed by atoms with Crippen LogP contribution in [-0.4, -0.2) is 66.6 Å². The van der Waals surface area contributed by atoms with Crippen LogP contribution in [0.1, 0.15) is 50.2 Å². The molecule has 0 aromatic heterocycles. The van der Waals surface area contributed by atoms with Crippen molar-refractivity contribution in [3.8, 4) is 5.75 Å². The van der Waals surface area contributed by atoms with Crippen LogP contribution < -0.4 is 10.6 Å². The fourth-order valence-corrected chi connectivity index (χ4v) is 6.36. The van der Waals surface area contributed by atoms with Gasteiger partial charge in [-0.15, -0.1) is 0 Å². The van der Waals surface area contributed by atoms with Gasteiger partial charge >= 0.3 is 0 Å². The van der Waals surface area contributed by atoms with E-state index >= 15 is 0 Å². The summed E-state index contributed by atoms with van der Waals surface area (Å²) >= 11 is 0. The number of phenolic OH excluding ortho intramolecular Hbond substituents is 1. The molecule has 296 valence electrons. The predicted molar refractivity (Wildman–Crippen MR) is 206 cm³/mol. The van der Waals surface area contributed by atoms with Crippen LogP contribution in [-0.2, 0) is 51.5 Å². The minimum atomic E-state index is -1.07. The molecule has 1 atom stereocenters. The number of nitrogens with one attached hydrogen (secondary N) is 2. The highest BCUT2D eigenvalue weighted by Gasteiger charge is 2.35. The molecule has 0 fully saturated rings. The van der Waals surface area contributed by atoms with Crippen molar-refractivity contribution < 1.29 is 37.7 Å². The highest BCUT2D eigenvalue weighted by molar-refractivity contribution is 5.99. The Labute approximate surface area is 326 Å². The van der Waals surface area contributed by atoms with E-state index in [1.165, 1.54) is 4.90 Å². The number of aromatic hydroxyl groups is 1. The number of carbonyl (C=O) groups is 3. The van der Waals surface area contributed by atoms with Crippen LogP contribution >= 0.6 is 0 Å². The molecule has 2 amide bonds. The number of amides is 2. The summed E-state index contributed by atoms with van der Waals surface area (Å²) in [7, 11) is 0. The Morgan fingerprint density at radius 3 is 2.46 bits per heavy atom. The number of Topliss-reactive ketones (excluding diaryl/α,β-unsaturated/α-hetero) is 1. The maximum absolute atomic E-state index is 14.4. The number of fused-ring (bicyclic) bond motifs is 1. The summed E-state index contributed by atoms with van der Waals surface area (Å²) in [6.07, 6.45) is 0.527. The Balaban J connectivity index is 1.09. The maximum Gasteiger partial charge on any atom is 0.254 e. The van der Waals surface area contributed by atoms with E-state index in [0.29, 0.717) is 28.9 Å². The molecule has 57 heavy (non-hydrogen) atoms. The quantitative estimate of drug-likeness (QED) is 0.0383. The third-order valence-corrected chi connectivity index (χ3v) is 9.28. The van der Waals surface area contributed by atoms with Gasteiger partial charge in [0.15, 0.2) is 11.6 Å². The first-order valence-electron chi connectivity index (χ1n) is 18.1. The predicted octanol–water partition coefficient (Wildman–Crippen LogP) is 7.26. The largest absolute Gasteiger partial charge is 0.505 e. The molecule has 1 heterocycles. The molecule has 0 saturated carbocycles. The minimum absolute atomic E-state index is 0.0568. The highest BCUT2D eigenvalue weighted by atomic mass is 19.1. The Morgan fingerprint density at radius 2 is 1.68 bits per heavy atom. The van der Waals surface area contributed by atoms with Gasteiger partial charge in [-0.3, -0.25) is 14.4 Å². The molecular weight excluding hydrogens is 740 g/mol. The summed E-state index contributed by atoms with van der Waals surface area (Å²) in [6, 6.07) is 18.5. The number of azide groups is 2. The van der Waals surface area contributed by atoms with Gasteiger partial charge in [-0.1, -0.05) is 46.6 Å². The van der Waals surface area contributed by atoms with Gasteiger partial charge in [0.25, 0.3) is 5.91 Å². The first-order chi connectivity index (χ1) is 27.6.